The Labute approximate surface area is 149 Å². The first-order chi connectivity index (χ1) is 11.6. The molecule has 0 heteroatoms. The third kappa shape index (κ3) is 5.51. The number of benzene rings is 2. The van der Waals surface area contributed by atoms with Gasteiger partial charge in [0.1, 0.15) is 0 Å². The Hall–Kier alpha value is -1.56. The van der Waals surface area contributed by atoms with Gasteiger partial charge in [-0.3, -0.25) is 0 Å². The number of hydrogen-bond donors (Lipinski definition) is 0. The van der Waals surface area contributed by atoms with Crippen LogP contribution in [-0.4, -0.2) is 0 Å². The first-order valence-electron chi connectivity index (χ1n) is 9.69. The van der Waals surface area contributed by atoms with E-state index in [9.17, 15) is 0 Å². The van der Waals surface area contributed by atoms with Gasteiger partial charge < -0.3 is 0 Å². The summed E-state index contributed by atoms with van der Waals surface area (Å²) in [7, 11) is 0. The Bertz CT molecular complexity index is 504. The molecule has 1 aliphatic carbocycles. The predicted octanol–water partition coefficient (Wildman–Crippen LogP) is 7.43. The van der Waals surface area contributed by atoms with Crippen molar-refractivity contribution in [2.45, 2.75) is 65.2 Å². The van der Waals surface area contributed by atoms with Crippen molar-refractivity contribution < 1.29 is 0 Å². The molecular weight excluding hydrogens is 288 g/mol. The minimum absolute atomic E-state index is 0.559. The van der Waals surface area contributed by atoms with Gasteiger partial charge in [0.15, 0.2) is 0 Å². The molecule has 130 valence electrons. The average Bonchev–Trinajstić information content (AvgIpc) is 2.65. The fourth-order valence-electron chi connectivity index (χ4n) is 3.59. The molecule has 1 fully saturated rings. The maximum Gasteiger partial charge on any atom is -0.0124 e. The molecule has 0 aromatic heterocycles. The van der Waals surface area contributed by atoms with Gasteiger partial charge in [0, 0.05) is 0 Å². The summed E-state index contributed by atoms with van der Waals surface area (Å²) in [4.78, 5) is 0. The van der Waals surface area contributed by atoms with Crippen LogP contribution < -0.4 is 0 Å². The van der Waals surface area contributed by atoms with E-state index >= 15 is 0 Å². The van der Waals surface area contributed by atoms with Gasteiger partial charge in [-0.15, -0.1) is 0 Å². The van der Waals surface area contributed by atoms with Crippen LogP contribution in [0.4, 0.5) is 0 Å². The zero-order valence-electron chi connectivity index (χ0n) is 15.9. The van der Waals surface area contributed by atoms with Gasteiger partial charge in [-0.25, -0.2) is 0 Å². The second kappa shape index (κ2) is 9.67. The highest BCUT2D eigenvalue weighted by atomic mass is 14.2. The van der Waals surface area contributed by atoms with Crippen molar-refractivity contribution >= 4 is 0 Å². The van der Waals surface area contributed by atoms with Gasteiger partial charge >= 0.3 is 0 Å². The molecule has 0 spiro atoms. The number of rotatable bonds is 3. The SMILES string of the molecule is CC(c1ccccc1)C(C)c1ccccc1.CC1CCCCC1C. The van der Waals surface area contributed by atoms with Crippen molar-refractivity contribution in [3.8, 4) is 0 Å². The Morgan fingerprint density at radius 1 is 0.625 bits per heavy atom. The molecule has 0 aliphatic heterocycles. The molecule has 0 radical (unpaired) electrons. The maximum atomic E-state index is 2.38. The lowest BCUT2D eigenvalue weighted by molar-refractivity contribution is 0.277. The van der Waals surface area contributed by atoms with Gasteiger partial charge in [0.05, 0.1) is 0 Å². The summed E-state index contributed by atoms with van der Waals surface area (Å²) < 4.78 is 0. The second-order valence-corrected chi connectivity index (χ2v) is 7.64. The Morgan fingerprint density at radius 3 is 1.25 bits per heavy atom. The van der Waals surface area contributed by atoms with Crippen LogP contribution in [0.2, 0.25) is 0 Å². The molecule has 2 aromatic carbocycles. The minimum Gasteiger partial charge on any atom is -0.0623 e. The second-order valence-electron chi connectivity index (χ2n) is 7.64. The molecule has 4 atom stereocenters. The van der Waals surface area contributed by atoms with Crippen LogP contribution in [0.15, 0.2) is 60.7 Å². The zero-order valence-corrected chi connectivity index (χ0v) is 15.9. The lowest BCUT2D eigenvalue weighted by Gasteiger charge is -2.24. The van der Waals surface area contributed by atoms with Gasteiger partial charge in [0.2, 0.25) is 0 Å². The van der Waals surface area contributed by atoms with E-state index in [1.807, 2.05) is 0 Å². The smallest absolute Gasteiger partial charge is 0.0124 e. The first kappa shape index (κ1) is 18.8. The highest BCUT2D eigenvalue weighted by molar-refractivity contribution is 5.27. The van der Waals surface area contributed by atoms with E-state index in [1.165, 1.54) is 36.8 Å². The molecule has 2 aromatic rings. The van der Waals surface area contributed by atoms with E-state index in [4.69, 9.17) is 0 Å². The van der Waals surface area contributed by atoms with Gasteiger partial charge in [-0.1, -0.05) is 114 Å². The molecule has 3 rings (SSSR count). The summed E-state index contributed by atoms with van der Waals surface area (Å²) in [6.45, 7) is 9.35. The summed E-state index contributed by atoms with van der Waals surface area (Å²) >= 11 is 0. The van der Waals surface area contributed by atoms with E-state index in [0.29, 0.717) is 11.8 Å². The van der Waals surface area contributed by atoms with Crippen molar-refractivity contribution in [2.75, 3.05) is 0 Å². The van der Waals surface area contributed by atoms with Crippen molar-refractivity contribution in [3.63, 3.8) is 0 Å². The first-order valence-corrected chi connectivity index (χ1v) is 9.69. The largest absolute Gasteiger partial charge is 0.0623 e. The quantitative estimate of drug-likeness (QED) is 0.551. The third-order valence-corrected chi connectivity index (χ3v) is 5.94. The summed E-state index contributed by atoms with van der Waals surface area (Å²) in [5.41, 5.74) is 2.83. The average molecular weight is 323 g/mol. The van der Waals surface area contributed by atoms with E-state index in [1.54, 1.807) is 0 Å². The van der Waals surface area contributed by atoms with Crippen LogP contribution in [0.5, 0.6) is 0 Å². The molecule has 1 aliphatic rings. The minimum atomic E-state index is 0.559. The van der Waals surface area contributed by atoms with Gasteiger partial charge in [-0.05, 0) is 34.8 Å². The molecule has 4 unspecified atom stereocenters. The molecule has 0 bridgehead atoms. The molecule has 0 amide bonds. The number of hydrogen-bond acceptors (Lipinski definition) is 0. The zero-order chi connectivity index (χ0) is 17.4. The standard InChI is InChI=1S/C16H18.C8H16/c1-13(15-9-5-3-6-10-15)14(2)16-11-7-4-8-12-16;1-7-5-3-4-6-8(7)2/h3-14H,1-2H3;7-8H,3-6H2,1-2H3. The summed E-state index contributed by atoms with van der Waals surface area (Å²) in [5.74, 6) is 3.12. The van der Waals surface area contributed by atoms with E-state index in [2.05, 4.69) is 88.4 Å². The molecular formula is C24H34. The summed E-state index contributed by atoms with van der Waals surface area (Å²) in [6, 6.07) is 21.5. The van der Waals surface area contributed by atoms with Crippen LogP contribution in [0.3, 0.4) is 0 Å². The van der Waals surface area contributed by atoms with Gasteiger partial charge in [-0.2, -0.15) is 0 Å². The lowest BCUT2D eigenvalue weighted by atomic mass is 9.82. The highest BCUT2D eigenvalue weighted by Crippen LogP contribution is 2.31. The molecule has 0 N–H and O–H groups in total. The van der Waals surface area contributed by atoms with Crippen LogP contribution in [0.1, 0.15) is 76.3 Å². The highest BCUT2D eigenvalue weighted by Gasteiger charge is 2.16. The molecule has 0 heterocycles. The van der Waals surface area contributed by atoms with Crippen LogP contribution >= 0.6 is 0 Å². The Kier molecular flexibility index (Phi) is 7.56. The van der Waals surface area contributed by atoms with Crippen LogP contribution in [-0.2, 0) is 0 Å². The summed E-state index contributed by atoms with van der Waals surface area (Å²) in [5, 5.41) is 0. The van der Waals surface area contributed by atoms with Crippen LogP contribution in [0, 0.1) is 11.8 Å². The topological polar surface area (TPSA) is 0 Å². The molecule has 0 saturated heterocycles. The monoisotopic (exact) mass is 322 g/mol. The predicted molar refractivity (Wildman–Crippen MR) is 107 cm³/mol. The maximum absolute atomic E-state index is 2.38. The van der Waals surface area contributed by atoms with E-state index in [-0.39, 0.29) is 0 Å². The Balaban J connectivity index is 0.000000219. The van der Waals surface area contributed by atoms with Gasteiger partial charge in [0.25, 0.3) is 0 Å². The van der Waals surface area contributed by atoms with E-state index in [0.717, 1.165) is 11.8 Å². The third-order valence-electron chi connectivity index (χ3n) is 5.94. The van der Waals surface area contributed by atoms with Crippen molar-refractivity contribution in [1.29, 1.82) is 0 Å². The fraction of sp³-hybridized carbons (Fsp3) is 0.500. The Morgan fingerprint density at radius 2 is 0.958 bits per heavy atom. The van der Waals surface area contributed by atoms with Crippen LogP contribution in [0.25, 0.3) is 0 Å². The normalized spacial score (nSPS) is 22.8. The molecule has 0 nitrogen and oxygen atoms in total. The lowest BCUT2D eigenvalue weighted by Crippen LogP contribution is -2.12. The molecule has 1 saturated carbocycles. The van der Waals surface area contributed by atoms with Crippen molar-refractivity contribution in [2.24, 2.45) is 11.8 Å². The van der Waals surface area contributed by atoms with Crippen molar-refractivity contribution in [1.82, 2.24) is 0 Å². The van der Waals surface area contributed by atoms with Crippen molar-refractivity contribution in [3.05, 3.63) is 71.8 Å². The summed E-state index contributed by atoms with van der Waals surface area (Å²) in [6.07, 6.45) is 5.90. The molecule has 24 heavy (non-hydrogen) atoms. The van der Waals surface area contributed by atoms with E-state index < -0.39 is 0 Å². The fourth-order valence-corrected chi connectivity index (χ4v) is 3.59.